The molecule has 0 saturated carbocycles. The van der Waals surface area contributed by atoms with Gasteiger partial charge in [0.2, 0.25) is 0 Å². The fourth-order valence-electron chi connectivity index (χ4n) is 4.63. The van der Waals surface area contributed by atoms with Crippen LogP contribution in [0, 0.1) is 0 Å². The zero-order valence-electron chi connectivity index (χ0n) is 19.7. The molecule has 162 valence electrons. The molecule has 0 unspecified atom stereocenters. The van der Waals surface area contributed by atoms with Gasteiger partial charge in [-0.1, -0.05) is 18.2 Å². The summed E-state index contributed by atoms with van der Waals surface area (Å²) in [6.07, 6.45) is 4.12. The van der Waals surface area contributed by atoms with Crippen molar-refractivity contribution in [2.75, 3.05) is 33.9 Å². The van der Waals surface area contributed by atoms with E-state index in [4.69, 9.17) is 14.5 Å². The van der Waals surface area contributed by atoms with Crippen LogP contribution in [0.15, 0.2) is 40.5 Å². The minimum Gasteiger partial charge on any atom is -0.496 e. The third-order valence-corrected chi connectivity index (χ3v) is 6.15. The highest BCUT2D eigenvalue weighted by atomic mass is 16.5. The van der Waals surface area contributed by atoms with Crippen molar-refractivity contribution in [2.24, 2.45) is 4.99 Å². The molecule has 0 amide bonds. The molecule has 3 rings (SSSR count). The smallest absolute Gasteiger partial charge is 0.126 e. The molecule has 0 aromatic heterocycles. The van der Waals surface area contributed by atoms with Gasteiger partial charge in [-0.25, -0.2) is 0 Å². The molecular weight excluding hydrogens is 372 g/mol. The molecule has 1 heterocycles. The maximum absolute atomic E-state index is 5.71. The molecule has 0 bridgehead atoms. The molecule has 0 radical (unpaired) electrons. The molecule has 0 spiro atoms. The minimum absolute atomic E-state index is 0.0870. The minimum atomic E-state index is -0.0870. The summed E-state index contributed by atoms with van der Waals surface area (Å²) in [5.74, 6) is 0.940. The van der Waals surface area contributed by atoms with Crippen LogP contribution in [0.5, 0.6) is 5.75 Å². The molecule has 30 heavy (non-hydrogen) atoms. The number of fused-ring (bicyclic) bond motifs is 1. The number of nitrogens with zero attached hydrogens (tertiary/aromatic N) is 2. The van der Waals surface area contributed by atoms with E-state index in [-0.39, 0.29) is 5.54 Å². The lowest BCUT2D eigenvalue weighted by molar-refractivity contribution is -0.0293. The van der Waals surface area contributed by atoms with E-state index in [0.717, 1.165) is 48.7 Å². The predicted octanol–water partition coefficient (Wildman–Crippen LogP) is 5.53. The third kappa shape index (κ3) is 4.24. The van der Waals surface area contributed by atoms with E-state index < -0.39 is 0 Å². The quantitative estimate of drug-likeness (QED) is 0.601. The van der Waals surface area contributed by atoms with Crippen molar-refractivity contribution >= 4 is 17.4 Å². The van der Waals surface area contributed by atoms with Crippen LogP contribution < -0.4 is 4.74 Å². The number of benzene rings is 1. The Labute approximate surface area is 182 Å². The van der Waals surface area contributed by atoms with Gasteiger partial charge in [0, 0.05) is 19.2 Å². The Bertz CT molecular complexity index is 931. The summed E-state index contributed by atoms with van der Waals surface area (Å²) in [6.45, 7) is 17.6. The van der Waals surface area contributed by atoms with Crippen LogP contribution in [-0.4, -0.2) is 50.1 Å². The topological polar surface area (TPSA) is 34.1 Å². The molecule has 1 saturated heterocycles. The number of hydrogen-bond acceptors (Lipinski definition) is 4. The van der Waals surface area contributed by atoms with Crippen molar-refractivity contribution in [2.45, 2.75) is 53.0 Å². The normalized spacial score (nSPS) is 18.8. The number of rotatable bonds is 5. The van der Waals surface area contributed by atoms with Gasteiger partial charge in [0.25, 0.3) is 0 Å². The number of methoxy groups -OCH3 is 1. The molecule has 1 aliphatic heterocycles. The van der Waals surface area contributed by atoms with Crippen LogP contribution in [0.4, 0.5) is 0 Å². The van der Waals surface area contributed by atoms with Gasteiger partial charge in [-0.3, -0.25) is 4.99 Å². The Kier molecular flexibility index (Phi) is 6.56. The Morgan fingerprint density at radius 3 is 2.60 bits per heavy atom. The van der Waals surface area contributed by atoms with Crippen molar-refractivity contribution in [1.82, 2.24) is 4.90 Å². The van der Waals surface area contributed by atoms with E-state index in [0.29, 0.717) is 6.61 Å². The maximum atomic E-state index is 5.71. The third-order valence-electron chi connectivity index (χ3n) is 6.15. The molecule has 1 aromatic carbocycles. The first kappa shape index (κ1) is 22.4. The lowest BCUT2D eigenvalue weighted by Crippen LogP contribution is -2.53. The number of aryl methyl sites for hydroxylation is 1. The van der Waals surface area contributed by atoms with E-state index in [2.05, 4.69) is 64.3 Å². The van der Waals surface area contributed by atoms with Crippen molar-refractivity contribution < 1.29 is 9.47 Å². The van der Waals surface area contributed by atoms with Gasteiger partial charge in [0.05, 0.1) is 37.3 Å². The number of aliphatic imine (C=N–C) groups is 1. The number of hydrogen-bond donors (Lipinski definition) is 0. The molecular formula is C26H36N2O2. The Balaban J connectivity index is 2.04. The zero-order valence-corrected chi connectivity index (χ0v) is 19.7. The highest BCUT2D eigenvalue weighted by Crippen LogP contribution is 2.38. The molecule has 0 N–H and O–H groups in total. The lowest BCUT2D eigenvalue weighted by atomic mass is 9.82. The standard InChI is InChI=1S/C26H36N2O2/c1-17(2)13-21-14-23-18(3)22(10-9-20(23)15-24(21)29-8)25(27-7)19(4)28-11-12-30-16-26(28,5)6/h13-15H,4,9-12,16H2,1-3,5-8H3. The number of morpholine rings is 1. The number of allylic oxidation sites excluding steroid dienone is 3. The average molecular weight is 409 g/mol. The molecule has 1 aliphatic carbocycles. The summed E-state index contributed by atoms with van der Waals surface area (Å²) in [7, 11) is 3.63. The molecule has 0 atom stereocenters. The van der Waals surface area contributed by atoms with Crippen LogP contribution >= 0.6 is 0 Å². The summed E-state index contributed by atoms with van der Waals surface area (Å²) in [4.78, 5) is 7.08. The SMILES string of the molecule is C=C(C(=NC)C1=C(C)c2cc(C=C(C)C)c(OC)cc2CC1)N1CCOCC1(C)C. The van der Waals surface area contributed by atoms with E-state index >= 15 is 0 Å². The van der Waals surface area contributed by atoms with Gasteiger partial charge in [-0.15, -0.1) is 0 Å². The summed E-state index contributed by atoms with van der Waals surface area (Å²) < 4.78 is 11.4. The van der Waals surface area contributed by atoms with Crippen LogP contribution in [0.25, 0.3) is 11.6 Å². The van der Waals surface area contributed by atoms with Gasteiger partial charge >= 0.3 is 0 Å². The maximum Gasteiger partial charge on any atom is 0.126 e. The molecule has 4 nitrogen and oxygen atoms in total. The zero-order chi connectivity index (χ0) is 22.1. The summed E-state index contributed by atoms with van der Waals surface area (Å²) in [5, 5.41) is 0. The van der Waals surface area contributed by atoms with Crippen molar-refractivity contribution in [3.8, 4) is 5.75 Å². The molecule has 4 heteroatoms. The van der Waals surface area contributed by atoms with Gasteiger partial charge in [0.1, 0.15) is 5.75 Å². The van der Waals surface area contributed by atoms with Crippen LogP contribution in [0.1, 0.15) is 57.7 Å². The van der Waals surface area contributed by atoms with Gasteiger partial charge in [-0.05, 0) is 81.9 Å². The fraction of sp³-hybridized carbons (Fsp3) is 0.500. The first-order valence-corrected chi connectivity index (χ1v) is 10.8. The Morgan fingerprint density at radius 1 is 1.27 bits per heavy atom. The van der Waals surface area contributed by atoms with Crippen LogP contribution in [0.2, 0.25) is 0 Å². The summed E-state index contributed by atoms with van der Waals surface area (Å²) in [5.41, 5.74) is 9.53. The van der Waals surface area contributed by atoms with Crippen molar-refractivity contribution in [3.05, 3.63) is 52.2 Å². The lowest BCUT2D eigenvalue weighted by Gasteiger charge is -2.45. The monoisotopic (exact) mass is 408 g/mol. The van der Waals surface area contributed by atoms with Crippen molar-refractivity contribution in [3.63, 3.8) is 0 Å². The summed E-state index contributed by atoms with van der Waals surface area (Å²) in [6, 6.07) is 4.47. The Morgan fingerprint density at radius 2 is 2.00 bits per heavy atom. The van der Waals surface area contributed by atoms with E-state index in [1.54, 1.807) is 7.11 Å². The van der Waals surface area contributed by atoms with Gasteiger partial charge in [-0.2, -0.15) is 0 Å². The first-order chi connectivity index (χ1) is 14.2. The fourth-order valence-corrected chi connectivity index (χ4v) is 4.63. The number of ether oxygens (including phenoxy) is 2. The average Bonchev–Trinajstić information content (AvgIpc) is 2.69. The summed E-state index contributed by atoms with van der Waals surface area (Å²) >= 11 is 0. The van der Waals surface area contributed by atoms with Gasteiger partial charge in [0.15, 0.2) is 0 Å². The van der Waals surface area contributed by atoms with E-state index in [9.17, 15) is 0 Å². The largest absolute Gasteiger partial charge is 0.496 e. The second-order valence-corrected chi connectivity index (χ2v) is 9.11. The molecule has 1 aromatic rings. The van der Waals surface area contributed by atoms with Crippen LogP contribution in [-0.2, 0) is 11.2 Å². The highest BCUT2D eigenvalue weighted by Gasteiger charge is 2.34. The Hall–Kier alpha value is -2.33. The second kappa shape index (κ2) is 8.81. The van der Waals surface area contributed by atoms with Gasteiger partial charge < -0.3 is 14.4 Å². The highest BCUT2D eigenvalue weighted by molar-refractivity contribution is 6.16. The van der Waals surface area contributed by atoms with Crippen molar-refractivity contribution in [1.29, 1.82) is 0 Å². The van der Waals surface area contributed by atoms with E-state index in [1.807, 2.05) is 7.05 Å². The molecule has 1 fully saturated rings. The first-order valence-electron chi connectivity index (χ1n) is 10.8. The van der Waals surface area contributed by atoms with E-state index in [1.165, 1.54) is 27.8 Å². The molecule has 2 aliphatic rings. The second-order valence-electron chi connectivity index (χ2n) is 9.11. The predicted molar refractivity (Wildman–Crippen MR) is 127 cm³/mol. The van der Waals surface area contributed by atoms with Crippen LogP contribution in [0.3, 0.4) is 0 Å².